The second-order valence-corrected chi connectivity index (χ2v) is 5.65. The van der Waals surface area contributed by atoms with Gasteiger partial charge < -0.3 is 9.64 Å². The largest absolute Gasteiger partial charge is 0.378 e. The number of para-hydroxylation sites is 1. The van der Waals surface area contributed by atoms with Gasteiger partial charge >= 0.3 is 0 Å². The molecule has 1 saturated heterocycles. The zero-order valence-electron chi connectivity index (χ0n) is 12.4. The summed E-state index contributed by atoms with van der Waals surface area (Å²) >= 11 is 6.26. The maximum Gasteiger partial charge on any atom is 0.109 e. The number of rotatable bonds is 3. The summed E-state index contributed by atoms with van der Waals surface area (Å²) in [7, 11) is 0. The molecule has 2 aromatic rings. The molecule has 0 radical (unpaired) electrons. The Kier molecular flexibility index (Phi) is 5.09. The van der Waals surface area contributed by atoms with E-state index in [-0.39, 0.29) is 0 Å². The van der Waals surface area contributed by atoms with Gasteiger partial charge in [-0.05, 0) is 17.7 Å². The first-order chi connectivity index (χ1) is 10.8. The van der Waals surface area contributed by atoms with Crippen LogP contribution in [0, 0.1) is 0 Å². The van der Waals surface area contributed by atoms with E-state index in [1.165, 1.54) is 5.56 Å². The highest BCUT2D eigenvalue weighted by atomic mass is 35.5. The maximum absolute atomic E-state index is 6.26. The molecule has 0 amide bonds. The molecule has 0 spiro atoms. The molecule has 0 atom stereocenters. The normalized spacial score (nSPS) is 15.9. The van der Waals surface area contributed by atoms with E-state index in [1.54, 1.807) is 0 Å². The van der Waals surface area contributed by atoms with Gasteiger partial charge in [-0.2, -0.15) is 0 Å². The molecular formula is C18H19ClN2O. The van der Waals surface area contributed by atoms with Gasteiger partial charge in [0.2, 0.25) is 0 Å². The van der Waals surface area contributed by atoms with Gasteiger partial charge in [0.15, 0.2) is 0 Å². The van der Waals surface area contributed by atoms with Crippen LogP contribution in [0.15, 0.2) is 59.6 Å². The zero-order chi connectivity index (χ0) is 15.2. The van der Waals surface area contributed by atoms with E-state index >= 15 is 0 Å². The van der Waals surface area contributed by atoms with Gasteiger partial charge in [-0.25, -0.2) is 4.99 Å². The molecule has 114 valence electrons. The SMILES string of the molecule is Clc1ccccc1N=C(Cc1ccccc1)N1CCOCC1. The number of ether oxygens (including phenoxy) is 1. The molecule has 0 aromatic heterocycles. The fourth-order valence-electron chi connectivity index (χ4n) is 2.50. The fourth-order valence-corrected chi connectivity index (χ4v) is 2.68. The maximum atomic E-state index is 6.26. The molecule has 1 fully saturated rings. The van der Waals surface area contributed by atoms with Crippen molar-refractivity contribution < 1.29 is 4.74 Å². The molecule has 0 saturated carbocycles. The van der Waals surface area contributed by atoms with Crippen molar-refractivity contribution in [3.8, 4) is 0 Å². The van der Waals surface area contributed by atoms with Crippen molar-refractivity contribution >= 4 is 23.1 Å². The average Bonchev–Trinajstić information content (AvgIpc) is 2.58. The lowest BCUT2D eigenvalue weighted by Gasteiger charge is -2.30. The van der Waals surface area contributed by atoms with Gasteiger partial charge in [0.1, 0.15) is 5.84 Å². The van der Waals surface area contributed by atoms with E-state index in [2.05, 4.69) is 29.2 Å². The van der Waals surface area contributed by atoms with Crippen molar-refractivity contribution in [2.24, 2.45) is 4.99 Å². The van der Waals surface area contributed by atoms with Crippen LogP contribution in [-0.4, -0.2) is 37.0 Å². The fraction of sp³-hybridized carbons (Fsp3) is 0.278. The quantitative estimate of drug-likeness (QED) is 0.633. The van der Waals surface area contributed by atoms with Gasteiger partial charge in [-0.3, -0.25) is 0 Å². The molecule has 2 aromatic carbocycles. The molecule has 0 aliphatic carbocycles. The van der Waals surface area contributed by atoms with Crippen molar-refractivity contribution in [3.05, 3.63) is 65.2 Å². The highest BCUT2D eigenvalue weighted by molar-refractivity contribution is 6.33. The molecule has 3 nitrogen and oxygen atoms in total. The van der Waals surface area contributed by atoms with Gasteiger partial charge in [0, 0.05) is 19.5 Å². The minimum atomic E-state index is 0.682. The monoisotopic (exact) mass is 314 g/mol. The lowest BCUT2D eigenvalue weighted by atomic mass is 10.1. The van der Waals surface area contributed by atoms with Crippen LogP contribution in [0.4, 0.5) is 5.69 Å². The highest BCUT2D eigenvalue weighted by Gasteiger charge is 2.16. The Morgan fingerprint density at radius 3 is 2.41 bits per heavy atom. The molecule has 1 aliphatic rings. The Morgan fingerprint density at radius 2 is 1.68 bits per heavy atom. The summed E-state index contributed by atoms with van der Waals surface area (Å²) in [6.07, 6.45) is 0.798. The van der Waals surface area contributed by atoms with Crippen LogP contribution >= 0.6 is 11.6 Å². The second-order valence-electron chi connectivity index (χ2n) is 5.24. The number of aliphatic imine (C=N–C) groups is 1. The summed E-state index contributed by atoms with van der Waals surface area (Å²) < 4.78 is 5.45. The van der Waals surface area contributed by atoms with E-state index in [0.717, 1.165) is 44.2 Å². The minimum Gasteiger partial charge on any atom is -0.378 e. The van der Waals surface area contributed by atoms with E-state index in [0.29, 0.717) is 5.02 Å². The smallest absolute Gasteiger partial charge is 0.109 e. The van der Waals surface area contributed by atoms with Crippen LogP contribution in [0.25, 0.3) is 0 Å². The zero-order valence-corrected chi connectivity index (χ0v) is 13.2. The number of hydrogen-bond donors (Lipinski definition) is 0. The predicted octanol–water partition coefficient (Wildman–Crippen LogP) is 3.94. The molecule has 0 unspecified atom stereocenters. The Labute approximate surface area is 136 Å². The predicted molar refractivity (Wildman–Crippen MR) is 91.1 cm³/mol. The molecule has 4 heteroatoms. The summed E-state index contributed by atoms with van der Waals surface area (Å²) in [6.45, 7) is 3.24. The third-order valence-electron chi connectivity index (χ3n) is 3.68. The molecule has 1 aliphatic heterocycles. The molecule has 0 bridgehead atoms. The topological polar surface area (TPSA) is 24.8 Å². The number of halogens is 1. The lowest BCUT2D eigenvalue weighted by Crippen LogP contribution is -2.41. The molecule has 0 N–H and O–H groups in total. The van der Waals surface area contributed by atoms with Crippen LogP contribution in [0.5, 0.6) is 0 Å². The Balaban J connectivity index is 1.90. The van der Waals surface area contributed by atoms with Crippen molar-refractivity contribution in [3.63, 3.8) is 0 Å². The second kappa shape index (κ2) is 7.43. The molecule has 3 rings (SSSR count). The van der Waals surface area contributed by atoms with Crippen LogP contribution in [-0.2, 0) is 11.2 Å². The van der Waals surface area contributed by atoms with E-state index in [9.17, 15) is 0 Å². The Morgan fingerprint density at radius 1 is 1.00 bits per heavy atom. The number of hydrogen-bond acceptors (Lipinski definition) is 2. The third kappa shape index (κ3) is 3.87. The summed E-state index contributed by atoms with van der Waals surface area (Å²) in [6, 6.07) is 18.1. The standard InChI is InChI=1S/C18H19ClN2O/c19-16-8-4-5-9-17(16)20-18(21-10-12-22-13-11-21)14-15-6-2-1-3-7-15/h1-9H,10-14H2. The highest BCUT2D eigenvalue weighted by Crippen LogP contribution is 2.25. The first kappa shape index (κ1) is 15.1. The van der Waals surface area contributed by atoms with Crippen LogP contribution in [0.3, 0.4) is 0 Å². The Hall–Kier alpha value is -1.84. The average molecular weight is 315 g/mol. The van der Waals surface area contributed by atoms with E-state index < -0.39 is 0 Å². The Bertz CT molecular complexity index is 637. The van der Waals surface area contributed by atoms with Gasteiger partial charge in [0.25, 0.3) is 0 Å². The van der Waals surface area contributed by atoms with Crippen LogP contribution in [0.1, 0.15) is 5.56 Å². The summed E-state index contributed by atoms with van der Waals surface area (Å²) in [5.74, 6) is 1.04. The van der Waals surface area contributed by atoms with Crippen molar-refractivity contribution in [1.82, 2.24) is 4.90 Å². The van der Waals surface area contributed by atoms with Gasteiger partial charge in [-0.15, -0.1) is 0 Å². The summed E-state index contributed by atoms with van der Waals surface area (Å²) in [5.41, 5.74) is 2.07. The third-order valence-corrected chi connectivity index (χ3v) is 4.00. The van der Waals surface area contributed by atoms with E-state index in [1.807, 2.05) is 30.3 Å². The van der Waals surface area contributed by atoms with Crippen LogP contribution in [0.2, 0.25) is 5.02 Å². The number of amidine groups is 1. The molecular weight excluding hydrogens is 296 g/mol. The van der Waals surface area contributed by atoms with Gasteiger partial charge in [0.05, 0.1) is 23.9 Å². The lowest BCUT2D eigenvalue weighted by molar-refractivity contribution is 0.0674. The number of nitrogens with zero attached hydrogens (tertiary/aromatic N) is 2. The van der Waals surface area contributed by atoms with Crippen molar-refractivity contribution in [1.29, 1.82) is 0 Å². The first-order valence-corrected chi connectivity index (χ1v) is 7.89. The summed E-state index contributed by atoms with van der Waals surface area (Å²) in [5, 5.41) is 0.682. The minimum absolute atomic E-state index is 0.682. The molecule has 1 heterocycles. The van der Waals surface area contributed by atoms with Gasteiger partial charge in [-0.1, -0.05) is 54.1 Å². The van der Waals surface area contributed by atoms with E-state index in [4.69, 9.17) is 21.3 Å². The first-order valence-electron chi connectivity index (χ1n) is 7.51. The number of morpholine rings is 1. The number of benzene rings is 2. The van der Waals surface area contributed by atoms with Crippen molar-refractivity contribution in [2.45, 2.75) is 6.42 Å². The summed E-state index contributed by atoms with van der Waals surface area (Å²) in [4.78, 5) is 7.12. The molecule has 22 heavy (non-hydrogen) atoms. The van der Waals surface area contributed by atoms with Crippen molar-refractivity contribution in [2.75, 3.05) is 26.3 Å². The van der Waals surface area contributed by atoms with Crippen LogP contribution < -0.4 is 0 Å².